The normalized spacial score (nSPS) is 13.2. The minimum absolute atomic E-state index is 0.0552. The molecule has 1 aliphatic rings. The second-order valence-electron chi connectivity index (χ2n) is 5.26. The summed E-state index contributed by atoms with van der Waals surface area (Å²) in [5, 5.41) is 25.2. The topological polar surface area (TPSA) is 86.2 Å². The highest BCUT2D eigenvalue weighted by Crippen LogP contribution is 2.29. The van der Waals surface area contributed by atoms with Gasteiger partial charge in [0, 0.05) is 28.5 Å². The fraction of sp³-hybridized carbons (Fsp3) is 0.0625. The minimum Gasteiger partial charge on any atom is -0.258 e. The lowest BCUT2D eigenvalue weighted by Gasteiger charge is -2.13. The molecular weight excluding hydrogens is 362 g/mol. The van der Waals surface area contributed by atoms with Gasteiger partial charge in [-0.15, -0.1) is 10.2 Å². The highest BCUT2D eigenvalue weighted by Gasteiger charge is 2.21. The van der Waals surface area contributed by atoms with Gasteiger partial charge in [0.05, 0.1) is 10.6 Å². The van der Waals surface area contributed by atoms with Gasteiger partial charge in [0.1, 0.15) is 0 Å². The largest absolute Gasteiger partial charge is 0.269 e. The smallest absolute Gasteiger partial charge is 0.258 e. The SMILES string of the molecule is O=[N+]([O-])c1ccc(C2=Nn3c(nnc3-c3ccc(Cl)cc3)SC2)cc1. The summed E-state index contributed by atoms with van der Waals surface area (Å²) < 4.78 is 1.69. The molecule has 0 spiro atoms. The number of nitro benzene ring substituents is 1. The van der Waals surface area contributed by atoms with Gasteiger partial charge in [0.25, 0.3) is 5.69 Å². The van der Waals surface area contributed by atoms with E-state index >= 15 is 0 Å². The van der Waals surface area contributed by atoms with E-state index in [1.807, 2.05) is 12.1 Å². The van der Waals surface area contributed by atoms with Crippen LogP contribution in [0.1, 0.15) is 5.56 Å². The zero-order valence-electron chi connectivity index (χ0n) is 12.7. The maximum absolute atomic E-state index is 10.8. The van der Waals surface area contributed by atoms with Crippen LogP contribution in [0.4, 0.5) is 5.69 Å². The van der Waals surface area contributed by atoms with Crippen molar-refractivity contribution in [2.45, 2.75) is 5.16 Å². The number of nitrogens with zero attached hydrogens (tertiary/aromatic N) is 5. The van der Waals surface area contributed by atoms with E-state index in [1.165, 1.54) is 23.9 Å². The van der Waals surface area contributed by atoms with Gasteiger partial charge in [-0.1, -0.05) is 23.4 Å². The Morgan fingerprint density at radius 2 is 1.72 bits per heavy atom. The molecule has 2 aromatic carbocycles. The van der Waals surface area contributed by atoms with Crippen LogP contribution in [-0.4, -0.2) is 31.3 Å². The highest BCUT2D eigenvalue weighted by atomic mass is 35.5. The van der Waals surface area contributed by atoms with Gasteiger partial charge in [0.2, 0.25) is 5.16 Å². The summed E-state index contributed by atoms with van der Waals surface area (Å²) in [5.74, 6) is 1.24. The molecule has 4 rings (SSSR count). The van der Waals surface area contributed by atoms with Crippen molar-refractivity contribution in [3.8, 4) is 11.4 Å². The Morgan fingerprint density at radius 3 is 2.40 bits per heavy atom. The lowest BCUT2D eigenvalue weighted by atomic mass is 10.1. The van der Waals surface area contributed by atoms with Crippen molar-refractivity contribution in [3.63, 3.8) is 0 Å². The standard InChI is InChI=1S/C16H10ClN5O2S/c17-12-5-1-11(2-6-12)15-18-19-16-21(15)20-14(9-25-16)10-3-7-13(8-4-10)22(23)24/h1-8H,9H2. The van der Waals surface area contributed by atoms with Gasteiger partial charge < -0.3 is 0 Å². The van der Waals surface area contributed by atoms with E-state index in [0.29, 0.717) is 21.8 Å². The van der Waals surface area contributed by atoms with Crippen LogP contribution in [-0.2, 0) is 0 Å². The van der Waals surface area contributed by atoms with Gasteiger partial charge >= 0.3 is 0 Å². The molecule has 0 atom stereocenters. The number of aromatic nitrogens is 3. The quantitative estimate of drug-likeness (QED) is 0.515. The van der Waals surface area contributed by atoms with Gasteiger partial charge in [-0.2, -0.15) is 9.78 Å². The number of thioether (sulfide) groups is 1. The molecule has 25 heavy (non-hydrogen) atoms. The Balaban J connectivity index is 1.73. The third-order valence-corrected chi connectivity index (χ3v) is 4.87. The van der Waals surface area contributed by atoms with Crippen molar-refractivity contribution in [2.75, 3.05) is 5.75 Å². The van der Waals surface area contributed by atoms with Crippen molar-refractivity contribution in [3.05, 3.63) is 69.2 Å². The van der Waals surface area contributed by atoms with Crippen LogP contribution in [0.3, 0.4) is 0 Å². The van der Waals surface area contributed by atoms with Gasteiger partial charge in [0.15, 0.2) is 5.82 Å². The first-order valence-electron chi connectivity index (χ1n) is 7.28. The summed E-state index contributed by atoms with van der Waals surface area (Å²) in [5.41, 5.74) is 2.55. The van der Waals surface area contributed by atoms with Crippen LogP contribution in [0.2, 0.25) is 5.02 Å². The average Bonchev–Trinajstić information content (AvgIpc) is 3.05. The van der Waals surface area contributed by atoms with E-state index in [4.69, 9.17) is 11.6 Å². The molecule has 0 unspecified atom stereocenters. The summed E-state index contributed by atoms with van der Waals surface area (Å²) in [7, 11) is 0. The van der Waals surface area contributed by atoms with Crippen molar-refractivity contribution in [1.29, 1.82) is 0 Å². The molecule has 0 saturated heterocycles. The Morgan fingerprint density at radius 1 is 1.04 bits per heavy atom. The molecule has 0 saturated carbocycles. The van der Waals surface area contributed by atoms with Crippen LogP contribution in [0, 0.1) is 10.1 Å². The lowest BCUT2D eigenvalue weighted by molar-refractivity contribution is -0.384. The monoisotopic (exact) mass is 371 g/mol. The van der Waals surface area contributed by atoms with E-state index in [0.717, 1.165) is 16.8 Å². The first-order chi connectivity index (χ1) is 12.1. The fourth-order valence-corrected chi connectivity index (χ4v) is 3.39. The second-order valence-corrected chi connectivity index (χ2v) is 6.64. The third kappa shape index (κ3) is 3.01. The molecular formula is C16H10ClN5O2S. The van der Waals surface area contributed by atoms with E-state index in [9.17, 15) is 10.1 Å². The van der Waals surface area contributed by atoms with E-state index in [2.05, 4.69) is 15.3 Å². The second kappa shape index (κ2) is 6.30. The molecule has 3 aromatic rings. The third-order valence-electron chi connectivity index (χ3n) is 3.68. The number of benzene rings is 2. The maximum Gasteiger partial charge on any atom is 0.269 e. The first kappa shape index (κ1) is 15.8. The zero-order valence-corrected chi connectivity index (χ0v) is 14.2. The Labute approximate surface area is 151 Å². The Bertz CT molecular complexity index is 983. The first-order valence-corrected chi connectivity index (χ1v) is 8.65. The molecule has 0 fully saturated rings. The summed E-state index contributed by atoms with van der Waals surface area (Å²) in [6.07, 6.45) is 0. The van der Waals surface area contributed by atoms with Crippen LogP contribution in [0.25, 0.3) is 11.4 Å². The number of nitro groups is 1. The molecule has 0 aliphatic carbocycles. The number of halogens is 1. The van der Waals surface area contributed by atoms with E-state index < -0.39 is 4.92 Å². The van der Waals surface area contributed by atoms with Crippen LogP contribution in [0.15, 0.2) is 58.8 Å². The number of non-ortho nitro benzene ring substituents is 1. The lowest BCUT2D eigenvalue weighted by Crippen LogP contribution is -2.13. The number of hydrogen-bond acceptors (Lipinski definition) is 6. The van der Waals surface area contributed by atoms with Gasteiger partial charge in [-0.05, 0) is 42.0 Å². The number of hydrogen-bond donors (Lipinski definition) is 0. The zero-order chi connectivity index (χ0) is 17.4. The number of fused-ring (bicyclic) bond motifs is 1. The van der Waals surface area contributed by atoms with Crippen LogP contribution < -0.4 is 0 Å². The maximum atomic E-state index is 10.8. The fourth-order valence-electron chi connectivity index (χ4n) is 2.42. The van der Waals surface area contributed by atoms with Crippen LogP contribution >= 0.6 is 23.4 Å². The van der Waals surface area contributed by atoms with Crippen molar-refractivity contribution >= 4 is 34.8 Å². The molecule has 2 heterocycles. The highest BCUT2D eigenvalue weighted by molar-refractivity contribution is 7.99. The van der Waals surface area contributed by atoms with Crippen LogP contribution in [0.5, 0.6) is 0 Å². The summed E-state index contributed by atoms with van der Waals surface area (Å²) >= 11 is 7.45. The predicted octanol–water partition coefficient (Wildman–Crippen LogP) is 3.86. The van der Waals surface area contributed by atoms with Crippen molar-refractivity contribution in [2.24, 2.45) is 5.10 Å². The van der Waals surface area contributed by atoms with Crippen molar-refractivity contribution < 1.29 is 4.92 Å². The summed E-state index contributed by atoms with van der Waals surface area (Å²) in [4.78, 5) is 10.4. The molecule has 1 aromatic heterocycles. The molecule has 1 aliphatic heterocycles. The molecule has 9 heteroatoms. The minimum atomic E-state index is -0.419. The molecule has 0 radical (unpaired) electrons. The molecule has 0 amide bonds. The molecule has 0 N–H and O–H groups in total. The molecule has 7 nitrogen and oxygen atoms in total. The van der Waals surface area contributed by atoms with E-state index in [-0.39, 0.29) is 5.69 Å². The van der Waals surface area contributed by atoms with Crippen molar-refractivity contribution in [1.82, 2.24) is 14.9 Å². The summed E-state index contributed by atoms with van der Waals surface area (Å²) in [6, 6.07) is 13.7. The average molecular weight is 372 g/mol. The summed E-state index contributed by atoms with van der Waals surface area (Å²) in [6.45, 7) is 0. The predicted molar refractivity (Wildman–Crippen MR) is 96.2 cm³/mol. The Kier molecular flexibility index (Phi) is 3.98. The van der Waals surface area contributed by atoms with E-state index in [1.54, 1.807) is 28.9 Å². The Hall–Kier alpha value is -2.71. The van der Waals surface area contributed by atoms with Gasteiger partial charge in [-0.3, -0.25) is 10.1 Å². The van der Waals surface area contributed by atoms with Gasteiger partial charge in [-0.25, -0.2) is 0 Å². The molecule has 124 valence electrons. The number of rotatable bonds is 3. The molecule has 0 bridgehead atoms.